The smallest absolute Gasteiger partial charge is 0.193 e. The number of hydrogen-bond donors (Lipinski definition) is 1. The molecule has 1 aromatic carbocycles. The van der Waals surface area contributed by atoms with Gasteiger partial charge in [-0.2, -0.15) is 11.8 Å². The van der Waals surface area contributed by atoms with Gasteiger partial charge in [0.2, 0.25) is 0 Å². The van der Waals surface area contributed by atoms with Crippen LogP contribution in [0.3, 0.4) is 0 Å². The summed E-state index contributed by atoms with van der Waals surface area (Å²) in [6, 6.07) is 10.5. The first-order valence-electron chi connectivity index (χ1n) is 7.30. The summed E-state index contributed by atoms with van der Waals surface area (Å²) in [6.45, 7) is 4.81. The lowest BCUT2D eigenvalue weighted by Crippen LogP contribution is -2.38. The quantitative estimate of drug-likeness (QED) is 0.299. The highest BCUT2D eigenvalue weighted by atomic mass is 127. The molecule has 3 nitrogen and oxygen atoms in total. The molecule has 0 heterocycles. The largest absolute Gasteiger partial charge is 0.357 e. The molecule has 0 spiro atoms. The van der Waals surface area contributed by atoms with E-state index in [0.717, 1.165) is 32.0 Å². The lowest BCUT2D eigenvalue weighted by atomic mass is 10.2. The van der Waals surface area contributed by atoms with Crippen molar-refractivity contribution in [1.29, 1.82) is 0 Å². The molecular weight excluding hydrogens is 393 g/mol. The molecule has 1 rings (SSSR count). The van der Waals surface area contributed by atoms with Crippen LogP contribution in [0.15, 0.2) is 35.3 Å². The van der Waals surface area contributed by atoms with Crippen LogP contribution in [0.25, 0.3) is 0 Å². The van der Waals surface area contributed by atoms with Gasteiger partial charge in [0.05, 0.1) is 0 Å². The summed E-state index contributed by atoms with van der Waals surface area (Å²) in [7, 11) is 2.09. The van der Waals surface area contributed by atoms with Crippen LogP contribution in [0.1, 0.15) is 25.3 Å². The van der Waals surface area contributed by atoms with Crippen LogP contribution in [0.2, 0.25) is 0 Å². The lowest BCUT2D eigenvalue weighted by Gasteiger charge is -2.22. The maximum atomic E-state index is 4.70. The van der Waals surface area contributed by atoms with Gasteiger partial charge in [-0.05, 0) is 37.3 Å². The van der Waals surface area contributed by atoms with Crippen molar-refractivity contribution in [2.24, 2.45) is 4.99 Å². The minimum absolute atomic E-state index is 0. The molecule has 5 heteroatoms. The lowest BCUT2D eigenvalue weighted by molar-refractivity contribution is 0.476. The van der Waals surface area contributed by atoms with Crippen LogP contribution >= 0.6 is 35.7 Å². The highest BCUT2D eigenvalue weighted by Crippen LogP contribution is 2.04. The number of thioether (sulfide) groups is 1. The summed E-state index contributed by atoms with van der Waals surface area (Å²) in [6.07, 6.45) is 4.56. The van der Waals surface area contributed by atoms with Gasteiger partial charge in [-0.1, -0.05) is 30.3 Å². The number of hydrogen-bond acceptors (Lipinski definition) is 2. The number of aliphatic imine (C=N–C) groups is 1. The van der Waals surface area contributed by atoms with Crippen LogP contribution in [-0.4, -0.2) is 43.0 Å². The summed E-state index contributed by atoms with van der Waals surface area (Å²) in [4.78, 5) is 6.89. The Kier molecular flexibility index (Phi) is 13.0. The molecule has 21 heavy (non-hydrogen) atoms. The Labute approximate surface area is 151 Å². The van der Waals surface area contributed by atoms with E-state index in [1.54, 1.807) is 0 Å². The number of unbranched alkanes of at least 4 members (excludes halogenated alkanes) is 1. The molecule has 0 amide bonds. The molecule has 0 fully saturated rings. The third-order valence-corrected chi connectivity index (χ3v) is 3.67. The van der Waals surface area contributed by atoms with Crippen molar-refractivity contribution in [3.05, 3.63) is 35.9 Å². The van der Waals surface area contributed by atoms with Gasteiger partial charge in [-0.15, -0.1) is 24.0 Å². The first-order chi connectivity index (χ1) is 9.77. The second kappa shape index (κ2) is 13.2. The molecular formula is C16H28IN3S. The van der Waals surface area contributed by atoms with E-state index < -0.39 is 0 Å². The van der Waals surface area contributed by atoms with E-state index in [4.69, 9.17) is 4.99 Å². The number of benzene rings is 1. The van der Waals surface area contributed by atoms with Gasteiger partial charge < -0.3 is 10.2 Å². The van der Waals surface area contributed by atoms with Gasteiger partial charge in [0.15, 0.2) is 5.96 Å². The van der Waals surface area contributed by atoms with Crippen LogP contribution in [-0.2, 0) is 6.54 Å². The predicted octanol–water partition coefficient (Wildman–Crippen LogP) is 3.85. The average Bonchev–Trinajstić information content (AvgIpc) is 2.47. The average molecular weight is 421 g/mol. The van der Waals surface area contributed by atoms with Crippen LogP contribution < -0.4 is 5.32 Å². The molecule has 0 unspecified atom stereocenters. The topological polar surface area (TPSA) is 27.6 Å². The summed E-state index contributed by atoms with van der Waals surface area (Å²) in [5.74, 6) is 2.23. The van der Waals surface area contributed by atoms with Crippen LogP contribution in [0, 0.1) is 0 Å². The number of halogens is 1. The second-order valence-corrected chi connectivity index (χ2v) is 5.76. The van der Waals surface area contributed by atoms with Gasteiger partial charge in [-0.3, -0.25) is 4.99 Å². The highest BCUT2D eigenvalue weighted by molar-refractivity contribution is 14.0. The highest BCUT2D eigenvalue weighted by Gasteiger charge is 2.05. The molecule has 0 aliphatic heterocycles. The van der Waals surface area contributed by atoms with E-state index in [0.29, 0.717) is 0 Å². The molecule has 0 atom stereocenters. The van der Waals surface area contributed by atoms with Crippen molar-refractivity contribution in [3.8, 4) is 0 Å². The zero-order valence-corrected chi connectivity index (χ0v) is 16.5. The fourth-order valence-corrected chi connectivity index (χ4v) is 2.44. The molecule has 0 aromatic heterocycles. The van der Waals surface area contributed by atoms with E-state index in [9.17, 15) is 0 Å². The monoisotopic (exact) mass is 421 g/mol. The summed E-state index contributed by atoms with van der Waals surface area (Å²) >= 11 is 1.90. The standard InChI is InChI=1S/C16H27N3S.HI/c1-4-17-16(18-12-8-9-13-20-3)19(2)14-15-10-6-5-7-11-15;/h5-7,10-11H,4,8-9,12-14H2,1-3H3,(H,17,18);1H. The van der Waals surface area contributed by atoms with Crippen molar-refractivity contribution in [1.82, 2.24) is 10.2 Å². The molecule has 120 valence electrons. The molecule has 0 saturated carbocycles. The van der Waals surface area contributed by atoms with E-state index >= 15 is 0 Å². The first kappa shape index (κ1) is 20.6. The van der Waals surface area contributed by atoms with Crippen molar-refractivity contribution in [2.75, 3.05) is 32.1 Å². The Hall–Kier alpha value is -0.430. The summed E-state index contributed by atoms with van der Waals surface area (Å²) < 4.78 is 0. The van der Waals surface area contributed by atoms with E-state index in [-0.39, 0.29) is 24.0 Å². The third kappa shape index (κ3) is 9.24. The Morgan fingerprint density at radius 2 is 1.95 bits per heavy atom. The normalized spacial score (nSPS) is 10.9. The molecule has 0 radical (unpaired) electrons. The summed E-state index contributed by atoms with van der Waals surface area (Å²) in [5.41, 5.74) is 1.31. The van der Waals surface area contributed by atoms with Crippen molar-refractivity contribution in [2.45, 2.75) is 26.3 Å². The predicted molar refractivity (Wildman–Crippen MR) is 107 cm³/mol. The van der Waals surface area contributed by atoms with Crippen molar-refractivity contribution < 1.29 is 0 Å². The van der Waals surface area contributed by atoms with Gasteiger partial charge in [0.1, 0.15) is 0 Å². The van der Waals surface area contributed by atoms with Gasteiger partial charge >= 0.3 is 0 Å². The Morgan fingerprint density at radius 3 is 2.57 bits per heavy atom. The zero-order chi connectivity index (χ0) is 14.6. The zero-order valence-electron chi connectivity index (χ0n) is 13.3. The molecule has 1 aromatic rings. The van der Waals surface area contributed by atoms with Gasteiger partial charge in [0.25, 0.3) is 0 Å². The maximum absolute atomic E-state index is 4.70. The number of nitrogens with one attached hydrogen (secondary N) is 1. The Bertz CT molecular complexity index is 384. The molecule has 0 aliphatic rings. The molecule has 0 saturated heterocycles. The maximum Gasteiger partial charge on any atom is 0.193 e. The fourth-order valence-electron chi connectivity index (χ4n) is 1.95. The second-order valence-electron chi connectivity index (χ2n) is 4.78. The third-order valence-electron chi connectivity index (χ3n) is 2.98. The molecule has 0 aliphatic carbocycles. The Morgan fingerprint density at radius 1 is 1.24 bits per heavy atom. The van der Waals surface area contributed by atoms with Gasteiger partial charge in [0, 0.05) is 26.7 Å². The molecule has 0 bridgehead atoms. The summed E-state index contributed by atoms with van der Waals surface area (Å²) in [5, 5.41) is 3.36. The van der Waals surface area contributed by atoms with Gasteiger partial charge in [-0.25, -0.2) is 0 Å². The minimum atomic E-state index is 0. The SMILES string of the molecule is CCNC(=NCCCCSC)N(C)Cc1ccccc1.I. The van der Waals surface area contributed by atoms with E-state index in [1.807, 2.05) is 11.8 Å². The minimum Gasteiger partial charge on any atom is -0.357 e. The van der Waals surface area contributed by atoms with Crippen LogP contribution in [0.5, 0.6) is 0 Å². The van der Waals surface area contributed by atoms with Crippen molar-refractivity contribution in [3.63, 3.8) is 0 Å². The number of guanidine groups is 1. The van der Waals surface area contributed by atoms with E-state index in [1.165, 1.54) is 17.7 Å². The van der Waals surface area contributed by atoms with Crippen LogP contribution in [0.4, 0.5) is 0 Å². The molecule has 1 N–H and O–H groups in total. The fraction of sp³-hybridized carbons (Fsp3) is 0.562. The first-order valence-corrected chi connectivity index (χ1v) is 8.69. The van der Waals surface area contributed by atoms with Crippen molar-refractivity contribution >= 4 is 41.7 Å². The van der Waals surface area contributed by atoms with E-state index in [2.05, 4.69) is 60.8 Å². The Balaban J connectivity index is 0.00000400. The number of rotatable bonds is 8. The number of nitrogens with zero attached hydrogens (tertiary/aromatic N) is 2.